The minimum atomic E-state index is -0.489. The van der Waals surface area contributed by atoms with Gasteiger partial charge in [-0.2, -0.15) is 0 Å². The highest BCUT2D eigenvalue weighted by Gasteiger charge is 2.12. The second-order valence-electron chi connectivity index (χ2n) is 3.80. The summed E-state index contributed by atoms with van der Waals surface area (Å²) in [6.45, 7) is 4.18. The molecule has 0 heterocycles. The molecule has 104 valence electrons. The van der Waals surface area contributed by atoms with Crippen molar-refractivity contribution >= 4 is 29.3 Å². The number of anilines is 1. The van der Waals surface area contributed by atoms with E-state index >= 15 is 0 Å². The van der Waals surface area contributed by atoms with Crippen LogP contribution in [0.25, 0.3) is 0 Å². The molecule has 0 aromatic heterocycles. The molecule has 2 amide bonds. The number of ether oxygens (including phenoxy) is 1. The highest BCUT2D eigenvalue weighted by atomic mass is 35.5. The van der Waals surface area contributed by atoms with Crippen LogP contribution in [0.3, 0.4) is 0 Å². The van der Waals surface area contributed by atoms with Crippen molar-refractivity contribution in [2.24, 2.45) is 0 Å². The molecule has 0 aliphatic rings. The molecule has 0 aliphatic carbocycles. The van der Waals surface area contributed by atoms with Crippen molar-refractivity contribution in [3.8, 4) is 0 Å². The SMILES string of the molecule is CCOC(=O)NCCN(C(C)=O)c1cccc(Cl)c1. The van der Waals surface area contributed by atoms with Crippen molar-refractivity contribution in [2.45, 2.75) is 13.8 Å². The van der Waals surface area contributed by atoms with Gasteiger partial charge in [-0.25, -0.2) is 4.79 Å². The third-order valence-electron chi connectivity index (χ3n) is 2.38. The molecule has 1 rings (SSSR count). The van der Waals surface area contributed by atoms with E-state index in [0.717, 1.165) is 0 Å². The first kappa shape index (κ1) is 15.3. The van der Waals surface area contributed by atoms with Crippen LogP contribution in [0.2, 0.25) is 5.02 Å². The van der Waals surface area contributed by atoms with Gasteiger partial charge in [0.1, 0.15) is 0 Å². The Morgan fingerprint density at radius 1 is 1.42 bits per heavy atom. The third-order valence-corrected chi connectivity index (χ3v) is 2.62. The lowest BCUT2D eigenvalue weighted by Crippen LogP contribution is -2.37. The van der Waals surface area contributed by atoms with Gasteiger partial charge in [-0.1, -0.05) is 17.7 Å². The summed E-state index contributed by atoms with van der Waals surface area (Å²) >= 11 is 5.89. The number of hydrogen-bond acceptors (Lipinski definition) is 3. The van der Waals surface area contributed by atoms with Crippen LogP contribution in [0.1, 0.15) is 13.8 Å². The van der Waals surface area contributed by atoms with Gasteiger partial charge < -0.3 is 15.0 Å². The summed E-state index contributed by atoms with van der Waals surface area (Å²) < 4.78 is 4.73. The molecule has 5 nitrogen and oxygen atoms in total. The van der Waals surface area contributed by atoms with Crippen LogP contribution >= 0.6 is 11.6 Å². The second kappa shape index (κ2) is 7.63. The molecule has 1 aromatic carbocycles. The van der Waals surface area contributed by atoms with Crippen molar-refractivity contribution in [3.63, 3.8) is 0 Å². The Labute approximate surface area is 117 Å². The van der Waals surface area contributed by atoms with Gasteiger partial charge in [0.05, 0.1) is 6.61 Å². The summed E-state index contributed by atoms with van der Waals surface area (Å²) in [5.41, 5.74) is 0.700. The minimum Gasteiger partial charge on any atom is -0.450 e. The first-order valence-electron chi connectivity index (χ1n) is 5.99. The van der Waals surface area contributed by atoms with Gasteiger partial charge >= 0.3 is 6.09 Å². The molecule has 6 heteroatoms. The summed E-state index contributed by atoms with van der Waals surface area (Å²) in [6, 6.07) is 7.00. The van der Waals surface area contributed by atoms with Gasteiger partial charge in [0, 0.05) is 30.7 Å². The quantitative estimate of drug-likeness (QED) is 0.903. The number of nitrogens with one attached hydrogen (secondary N) is 1. The van der Waals surface area contributed by atoms with Crippen LogP contribution in [0.15, 0.2) is 24.3 Å². The van der Waals surface area contributed by atoms with E-state index in [4.69, 9.17) is 16.3 Å². The average Bonchev–Trinajstić information content (AvgIpc) is 2.34. The van der Waals surface area contributed by atoms with E-state index in [9.17, 15) is 9.59 Å². The fraction of sp³-hybridized carbons (Fsp3) is 0.385. The van der Waals surface area contributed by atoms with E-state index in [1.165, 1.54) is 11.8 Å². The number of nitrogens with zero attached hydrogens (tertiary/aromatic N) is 1. The normalized spacial score (nSPS) is 9.84. The molecular formula is C13H17ClN2O3. The Bertz CT molecular complexity index is 451. The summed E-state index contributed by atoms with van der Waals surface area (Å²) in [6.07, 6.45) is -0.489. The van der Waals surface area contributed by atoms with E-state index in [2.05, 4.69) is 5.32 Å². The van der Waals surface area contributed by atoms with Gasteiger partial charge in [0.15, 0.2) is 0 Å². The molecule has 0 saturated carbocycles. The number of rotatable bonds is 5. The van der Waals surface area contributed by atoms with Gasteiger partial charge in [-0.15, -0.1) is 0 Å². The summed E-state index contributed by atoms with van der Waals surface area (Å²) in [4.78, 5) is 24.3. The van der Waals surface area contributed by atoms with E-state index < -0.39 is 6.09 Å². The zero-order valence-corrected chi connectivity index (χ0v) is 11.7. The number of carbonyl (C=O) groups is 2. The Kier molecular flexibility index (Phi) is 6.15. The molecule has 0 atom stereocenters. The predicted molar refractivity (Wildman–Crippen MR) is 74.5 cm³/mol. The molecular weight excluding hydrogens is 268 g/mol. The van der Waals surface area contributed by atoms with Crippen molar-refractivity contribution in [1.29, 1.82) is 0 Å². The molecule has 0 aliphatic heterocycles. The lowest BCUT2D eigenvalue weighted by molar-refractivity contribution is -0.116. The molecule has 19 heavy (non-hydrogen) atoms. The highest BCUT2D eigenvalue weighted by molar-refractivity contribution is 6.30. The zero-order chi connectivity index (χ0) is 14.3. The van der Waals surface area contributed by atoms with Gasteiger partial charge in [-0.05, 0) is 25.1 Å². The van der Waals surface area contributed by atoms with Crippen molar-refractivity contribution in [3.05, 3.63) is 29.3 Å². The summed E-state index contributed by atoms with van der Waals surface area (Å²) in [5, 5.41) is 3.12. The van der Waals surface area contributed by atoms with E-state index in [0.29, 0.717) is 30.4 Å². The third kappa shape index (κ3) is 5.18. The first-order valence-corrected chi connectivity index (χ1v) is 6.36. The van der Waals surface area contributed by atoms with Crippen LogP contribution < -0.4 is 10.2 Å². The number of amides is 2. The number of hydrogen-bond donors (Lipinski definition) is 1. The fourth-order valence-electron chi connectivity index (χ4n) is 1.56. The van der Waals surface area contributed by atoms with Crippen molar-refractivity contribution in [2.75, 3.05) is 24.6 Å². The number of carbonyl (C=O) groups excluding carboxylic acids is 2. The van der Waals surface area contributed by atoms with Crippen LogP contribution in [0, 0.1) is 0 Å². The molecule has 1 N–H and O–H groups in total. The zero-order valence-electron chi connectivity index (χ0n) is 11.0. The topological polar surface area (TPSA) is 58.6 Å². The van der Waals surface area contributed by atoms with E-state index in [1.807, 2.05) is 0 Å². The Hall–Kier alpha value is -1.75. The standard InChI is InChI=1S/C13H17ClN2O3/c1-3-19-13(18)15-7-8-16(10(2)17)12-6-4-5-11(14)9-12/h4-6,9H,3,7-8H2,1-2H3,(H,15,18). The predicted octanol–water partition coefficient (Wildman–Crippen LogP) is 2.44. The molecule has 0 radical (unpaired) electrons. The van der Waals surface area contributed by atoms with E-state index in [-0.39, 0.29) is 5.91 Å². The summed E-state index contributed by atoms with van der Waals surface area (Å²) in [7, 11) is 0. The average molecular weight is 285 g/mol. The number of alkyl carbamates (subject to hydrolysis) is 1. The van der Waals surface area contributed by atoms with Gasteiger partial charge in [-0.3, -0.25) is 4.79 Å². The lowest BCUT2D eigenvalue weighted by Gasteiger charge is -2.21. The van der Waals surface area contributed by atoms with Crippen LogP contribution in [0.5, 0.6) is 0 Å². The number of benzene rings is 1. The highest BCUT2D eigenvalue weighted by Crippen LogP contribution is 2.19. The lowest BCUT2D eigenvalue weighted by atomic mass is 10.3. The van der Waals surface area contributed by atoms with Crippen molar-refractivity contribution < 1.29 is 14.3 Å². The molecule has 1 aromatic rings. The minimum absolute atomic E-state index is 0.118. The van der Waals surface area contributed by atoms with Gasteiger partial charge in [0.25, 0.3) is 0 Å². The number of halogens is 1. The fourth-order valence-corrected chi connectivity index (χ4v) is 1.75. The first-order chi connectivity index (χ1) is 9.04. The second-order valence-corrected chi connectivity index (χ2v) is 4.23. The maximum absolute atomic E-state index is 11.6. The van der Waals surface area contributed by atoms with Crippen LogP contribution in [-0.2, 0) is 9.53 Å². The molecule has 0 fully saturated rings. The smallest absolute Gasteiger partial charge is 0.407 e. The Balaban J connectivity index is 2.59. The molecule has 0 saturated heterocycles. The van der Waals surface area contributed by atoms with Crippen LogP contribution in [0.4, 0.5) is 10.5 Å². The molecule has 0 bridgehead atoms. The monoisotopic (exact) mass is 284 g/mol. The Morgan fingerprint density at radius 3 is 2.74 bits per heavy atom. The maximum atomic E-state index is 11.6. The summed E-state index contributed by atoms with van der Waals surface area (Å²) in [5.74, 6) is -0.118. The Morgan fingerprint density at radius 2 is 2.16 bits per heavy atom. The van der Waals surface area contributed by atoms with Gasteiger partial charge in [0.2, 0.25) is 5.91 Å². The maximum Gasteiger partial charge on any atom is 0.407 e. The molecule has 0 unspecified atom stereocenters. The van der Waals surface area contributed by atoms with Crippen LogP contribution in [-0.4, -0.2) is 31.7 Å². The largest absolute Gasteiger partial charge is 0.450 e. The molecule has 0 spiro atoms. The van der Waals surface area contributed by atoms with Crippen molar-refractivity contribution in [1.82, 2.24) is 5.32 Å². The van der Waals surface area contributed by atoms with E-state index in [1.54, 1.807) is 31.2 Å².